The highest BCUT2D eigenvalue weighted by molar-refractivity contribution is 6.06. The number of allylic oxidation sites excluding steroid dienone is 2. The van der Waals surface area contributed by atoms with Crippen LogP contribution in [0.4, 0.5) is 14.0 Å². The number of carboxylic acids is 1. The maximum Gasteiger partial charge on any atom is 0.407 e. The van der Waals surface area contributed by atoms with Crippen molar-refractivity contribution in [1.29, 1.82) is 0 Å². The average Bonchev–Trinajstić information content (AvgIpc) is 1.61. The van der Waals surface area contributed by atoms with Crippen molar-refractivity contribution in [2.45, 2.75) is 178 Å². The van der Waals surface area contributed by atoms with Crippen molar-refractivity contribution < 1.29 is 68.2 Å². The standard InChI is InChI=1S/C51H55N7O6.C46H49N7O4.C5H8O3.CH3F/c1-31(2)45(56-51(62)63-3)49(60)58-24-8-13-43(58)47-53-30-41(54-47)38-22-21-36-26-35(19-20-37(36)27-38)32-15-17-33(18-16-32)39-28-40(52-29-39)42-12-7-23-57(42)50(61)46(34-10-5-4-6-11-34)55-48(59)44-14-9-25-64-44;1-28(2)42(51-46(56)57-3)45(55)53-22-8-12-40(53)43-49-27-38(50-43)35-20-19-33-23-32(17-18-34(33)24-35)29-13-15-30(16-14-29)36-25-37(48-26-36)39-11-7-21-52(39)44(54)41(47)31-9-5-4-6-10-31;6-5(7)4-2-1-3-8-4;1-2/h4-6,10-11,15-22,26-27,29-31,42-46H,7-9,12-14,23-25,28H2,1-3H3,(H,53,54)(H,55,59)(H,56,62);4-6,9-10,13-20,23-24,26-28,39-42H,7-8,11-12,21-22,25,47H2,1-3H3,(H,49,50)(H,51,56);4H,1-3H2,(H,6,7);1H3/t42-,43-,44+,45-,46+;39-,40-,41+,42-;4-;/m000./s1/i;;;1D. The lowest BCUT2D eigenvalue weighted by Crippen LogP contribution is -2.51. The number of halogens is 1. The molecule has 0 radical (unpaired) electrons. The Morgan fingerprint density at radius 1 is 0.458 bits per heavy atom. The molecular formula is C103H115FN14O13. The lowest BCUT2D eigenvalue weighted by Gasteiger charge is -2.30. The van der Waals surface area contributed by atoms with Gasteiger partial charge in [-0.1, -0.05) is 185 Å². The summed E-state index contributed by atoms with van der Waals surface area (Å²) in [6.45, 7) is 11.3. The van der Waals surface area contributed by atoms with Crippen molar-refractivity contribution in [2.24, 2.45) is 27.6 Å². The molecule has 10 heterocycles. The van der Waals surface area contributed by atoms with E-state index in [0.717, 1.165) is 187 Å². The quantitative estimate of drug-likeness (QED) is 0.0313. The first-order valence-corrected chi connectivity index (χ1v) is 45.3. The first-order chi connectivity index (χ1) is 64.0. The predicted molar refractivity (Wildman–Crippen MR) is 502 cm³/mol. The maximum atomic E-state index is 14.3. The third kappa shape index (κ3) is 21.3. The predicted octanol–water partition coefficient (Wildman–Crippen LogP) is 16.8. The van der Waals surface area contributed by atoms with Gasteiger partial charge in [-0.15, -0.1) is 0 Å². The summed E-state index contributed by atoms with van der Waals surface area (Å²) in [6.07, 6.45) is 16.5. The van der Waals surface area contributed by atoms with E-state index in [0.29, 0.717) is 65.1 Å². The van der Waals surface area contributed by atoms with Crippen molar-refractivity contribution >= 4 is 91.8 Å². The first-order valence-electron chi connectivity index (χ1n) is 46.0. The lowest BCUT2D eigenvalue weighted by atomic mass is 9.95. The number of nitrogens with one attached hydrogen (secondary N) is 5. The fourth-order valence-corrected chi connectivity index (χ4v) is 18.9. The number of imidazole rings is 2. The molecule has 131 heavy (non-hydrogen) atoms. The van der Waals surface area contributed by atoms with Crippen LogP contribution in [0.25, 0.3) is 77.5 Å². The number of amides is 7. The molecule has 28 heteroatoms. The van der Waals surface area contributed by atoms with Gasteiger partial charge < -0.3 is 75.3 Å². The minimum atomic E-state index is -1.00. The number of aliphatic carboxylic acids is 1. The molecule has 8 aliphatic rings. The minimum Gasteiger partial charge on any atom is -0.479 e. The van der Waals surface area contributed by atoms with Gasteiger partial charge in [-0.2, -0.15) is 0 Å². The van der Waals surface area contributed by atoms with Gasteiger partial charge in [-0.05, 0) is 190 Å². The van der Waals surface area contributed by atoms with Crippen molar-refractivity contribution in [2.75, 3.05) is 60.8 Å². The largest absolute Gasteiger partial charge is 0.479 e. The molecule has 2 aromatic heterocycles. The van der Waals surface area contributed by atoms with Crippen LogP contribution >= 0.6 is 0 Å². The Hall–Kier alpha value is -13.3. The van der Waals surface area contributed by atoms with Crippen LogP contribution in [0.3, 0.4) is 0 Å². The lowest BCUT2D eigenvalue weighted by molar-refractivity contribution is -0.147. The van der Waals surface area contributed by atoms with Gasteiger partial charge in [0, 0.05) is 87.2 Å². The van der Waals surface area contributed by atoms with Crippen LogP contribution in [0, 0.1) is 11.8 Å². The van der Waals surface area contributed by atoms with E-state index >= 15 is 0 Å². The van der Waals surface area contributed by atoms with Crippen LogP contribution in [0.15, 0.2) is 217 Å². The molecule has 8 aliphatic heterocycles. The number of alkyl carbamates (subject to hydrolysis) is 2. The number of nitrogens with two attached hydrogens (primary N) is 1. The van der Waals surface area contributed by atoms with Gasteiger partial charge in [0.1, 0.15) is 41.9 Å². The second kappa shape index (κ2) is 42.5. The summed E-state index contributed by atoms with van der Waals surface area (Å²) >= 11 is 0. The number of ether oxygens (including phenoxy) is 4. The third-order valence-electron chi connectivity index (χ3n) is 26.0. The highest BCUT2D eigenvalue weighted by atomic mass is 19.1. The van der Waals surface area contributed by atoms with Gasteiger partial charge in [0.15, 0.2) is 6.10 Å². The molecule has 0 aliphatic carbocycles. The van der Waals surface area contributed by atoms with Crippen LogP contribution in [-0.2, 0) is 47.7 Å². The Labute approximate surface area is 763 Å². The summed E-state index contributed by atoms with van der Waals surface area (Å²) in [7, 11) is 1.59. The summed E-state index contributed by atoms with van der Waals surface area (Å²) in [5, 5.41) is 21.2. The maximum absolute atomic E-state index is 14.3. The number of carbonyl (C=O) groups is 8. The number of carboxylic acid groups (broad SMARTS) is 1. The van der Waals surface area contributed by atoms with E-state index in [1.165, 1.54) is 14.2 Å². The molecule has 0 bridgehead atoms. The molecule has 0 saturated carbocycles. The van der Waals surface area contributed by atoms with Crippen molar-refractivity contribution in [3.8, 4) is 44.8 Å². The summed E-state index contributed by atoms with van der Waals surface area (Å²) in [5.74, 6) is -0.217. The van der Waals surface area contributed by atoms with Crippen LogP contribution in [-0.4, -0.2) is 201 Å². The van der Waals surface area contributed by atoms with E-state index in [9.17, 15) is 42.7 Å². The zero-order valence-corrected chi connectivity index (χ0v) is 74.8. The summed E-state index contributed by atoms with van der Waals surface area (Å²) in [6, 6.07) is 58.6. The molecule has 7 amide bonds. The number of benzene rings is 8. The third-order valence-corrected chi connectivity index (χ3v) is 26.0. The fourth-order valence-electron chi connectivity index (χ4n) is 18.9. The smallest absolute Gasteiger partial charge is 0.407 e. The van der Waals surface area contributed by atoms with E-state index in [-0.39, 0.29) is 65.5 Å². The van der Waals surface area contributed by atoms with Gasteiger partial charge in [0.2, 0.25) is 29.5 Å². The number of nitrogens with zero attached hydrogens (tertiary/aromatic N) is 8. The Balaban J connectivity index is 0.000000182. The van der Waals surface area contributed by atoms with Gasteiger partial charge in [0.05, 0.1) is 70.7 Å². The Morgan fingerprint density at radius 3 is 1.21 bits per heavy atom. The van der Waals surface area contributed by atoms with E-state index in [1.54, 1.807) is 0 Å². The Morgan fingerprint density at radius 2 is 0.824 bits per heavy atom. The second-order valence-electron chi connectivity index (χ2n) is 35.0. The molecule has 10 aromatic rings. The number of likely N-dealkylation sites (tertiary alicyclic amines) is 4. The fraction of sp³-hybridized carbons (Fsp3) is 0.379. The topological polar surface area (TPSA) is 351 Å². The van der Waals surface area contributed by atoms with Crippen molar-refractivity contribution in [1.82, 2.24) is 55.5 Å². The van der Waals surface area contributed by atoms with Gasteiger partial charge >= 0.3 is 18.2 Å². The van der Waals surface area contributed by atoms with Crippen LogP contribution < -0.4 is 21.7 Å². The Bertz CT molecular complexity index is 5930. The molecule has 8 aromatic carbocycles. The molecule has 27 nitrogen and oxygen atoms in total. The number of aliphatic imine (C=N–C) groups is 2. The number of H-pyrrole nitrogens is 2. The molecule has 8 N–H and O–H groups in total. The number of carbonyl (C=O) groups excluding carboxylic acids is 7. The molecule has 0 spiro atoms. The van der Waals surface area contributed by atoms with Crippen LogP contribution in [0.2, 0.25) is 0 Å². The second-order valence-corrected chi connectivity index (χ2v) is 35.0. The number of rotatable bonds is 23. The molecule has 6 fully saturated rings. The molecule has 10 atom stereocenters. The van der Waals surface area contributed by atoms with Crippen molar-refractivity contribution in [3.63, 3.8) is 0 Å². The zero-order valence-electron chi connectivity index (χ0n) is 75.8. The summed E-state index contributed by atoms with van der Waals surface area (Å²) < 4.78 is 35.5. The summed E-state index contributed by atoms with van der Waals surface area (Å²) in [5.41, 5.74) is 22.7. The van der Waals surface area contributed by atoms with Gasteiger partial charge in [-0.25, -0.2) is 24.4 Å². The van der Waals surface area contributed by atoms with Crippen LogP contribution in [0.5, 0.6) is 0 Å². The minimum absolute atomic E-state index is 0.0251. The Kier molecular flexibility index (Phi) is 29.5. The zero-order chi connectivity index (χ0) is 92.6. The van der Waals surface area contributed by atoms with E-state index in [1.807, 2.05) is 133 Å². The van der Waals surface area contributed by atoms with Gasteiger partial charge in [0.25, 0.3) is 0 Å². The van der Waals surface area contributed by atoms with Crippen molar-refractivity contribution in [3.05, 3.63) is 241 Å². The molecule has 6 saturated heterocycles. The molecule has 682 valence electrons. The normalized spacial score (nSPS) is 20.2. The average molecular weight is 1780 g/mol. The van der Waals surface area contributed by atoms with Crippen LogP contribution in [0.1, 0.15) is 177 Å². The molecule has 18 rings (SSSR count). The highest BCUT2D eigenvalue weighted by Crippen LogP contribution is 2.40. The number of aromatic nitrogens is 4. The van der Waals surface area contributed by atoms with E-state index in [4.69, 9.17) is 51.1 Å². The number of aromatic amines is 2. The van der Waals surface area contributed by atoms with E-state index in [2.05, 4.69) is 147 Å². The number of fused-ring (bicyclic) bond motifs is 2. The number of alkyl halides is 1. The summed E-state index contributed by atoms with van der Waals surface area (Å²) in [4.78, 5) is 136. The SMILES string of the molecule is COC(=O)N[C@H](C(=O)N1CCC[C@H]1c1ncc(-c2ccc3cc(-c4ccc(C5=CN=C([C@@H]6CCCN6C(=O)[C@H](N)c6ccccc6)C5)cc4)ccc3c2)[nH]1)C(C)C.COC(=O)N[C@H](C(=O)N1CCC[C@H]1c1ncc(-c2ccc3cc(-c4ccc(C5=CN=C([C@@H]6CCCN6C(=O)[C@H](NC(=O)[C@H]6CCCO6)c6ccccc6)C5)cc4)ccc3c2)[nH]1)C(C)C.O=C(O)[C@@H]1CCCO1.[2H]CF. The molecular weight excluding hydrogens is 1660 g/mol. The monoisotopic (exact) mass is 1780 g/mol. The number of hydrogen-bond acceptors (Lipinski definition) is 17. The highest BCUT2D eigenvalue weighted by Gasteiger charge is 2.43. The number of methoxy groups -OCH3 is 2. The molecule has 0 unspecified atom stereocenters. The van der Waals surface area contributed by atoms with Gasteiger partial charge in [-0.3, -0.25) is 38.3 Å². The van der Waals surface area contributed by atoms with E-state index < -0.39 is 61.7 Å². The number of hydrogen-bond donors (Lipinski definition) is 7. The first kappa shape index (κ1) is 91.0.